The smallest absolute Gasteiger partial charge is 0.0568 e. The van der Waals surface area contributed by atoms with Crippen molar-refractivity contribution in [1.82, 2.24) is 5.32 Å². The second-order valence-corrected chi connectivity index (χ2v) is 7.21. The van der Waals surface area contributed by atoms with Gasteiger partial charge in [0.15, 0.2) is 0 Å². The predicted molar refractivity (Wildman–Crippen MR) is 85.2 cm³/mol. The maximum atomic E-state index is 6.24. The fourth-order valence-corrected chi connectivity index (χ4v) is 3.83. The van der Waals surface area contributed by atoms with E-state index in [9.17, 15) is 0 Å². The van der Waals surface area contributed by atoms with Gasteiger partial charge in [0, 0.05) is 34.8 Å². The summed E-state index contributed by atoms with van der Waals surface area (Å²) in [5, 5.41) is 4.58. The Morgan fingerprint density at radius 3 is 2.79 bits per heavy atom. The third-order valence-corrected chi connectivity index (χ3v) is 5.81. The van der Waals surface area contributed by atoms with Crippen LogP contribution in [0, 0.1) is 0 Å². The van der Waals surface area contributed by atoms with Gasteiger partial charge in [0.25, 0.3) is 0 Å². The van der Waals surface area contributed by atoms with E-state index in [2.05, 4.69) is 45.2 Å². The van der Waals surface area contributed by atoms with Crippen LogP contribution in [0.5, 0.6) is 0 Å². The molecule has 1 unspecified atom stereocenters. The summed E-state index contributed by atoms with van der Waals surface area (Å²) in [4.78, 5) is 2.51. The van der Waals surface area contributed by atoms with Gasteiger partial charge in [0.05, 0.1) is 5.02 Å². The van der Waals surface area contributed by atoms with Gasteiger partial charge in [0.2, 0.25) is 0 Å². The van der Waals surface area contributed by atoms with Crippen LogP contribution < -0.4 is 10.2 Å². The molecule has 0 aromatic heterocycles. The van der Waals surface area contributed by atoms with Gasteiger partial charge in [-0.15, -0.1) is 0 Å². The lowest BCUT2D eigenvalue weighted by atomic mass is 9.92. The molecule has 1 aliphatic heterocycles. The minimum atomic E-state index is 0.339. The minimum Gasteiger partial charge on any atom is -0.366 e. The molecule has 0 radical (unpaired) electrons. The quantitative estimate of drug-likeness (QED) is 0.821. The van der Waals surface area contributed by atoms with E-state index in [1.165, 1.54) is 31.4 Å². The summed E-state index contributed by atoms with van der Waals surface area (Å²) in [7, 11) is 0. The van der Waals surface area contributed by atoms with Crippen LogP contribution in [-0.2, 0) is 0 Å². The summed E-state index contributed by atoms with van der Waals surface area (Å²) in [5.74, 6) is 0. The topological polar surface area (TPSA) is 15.3 Å². The highest BCUT2D eigenvalue weighted by Gasteiger charge is 2.39. The zero-order valence-electron chi connectivity index (χ0n) is 11.3. The maximum absolute atomic E-state index is 6.24. The van der Waals surface area contributed by atoms with E-state index >= 15 is 0 Å². The lowest BCUT2D eigenvalue weighted by Gasteiger charge is -2.46. The molecule has 1 spiro atoms. The normalized spacial score (nSPS) is 26.1. The lowest BCUT2D eigenvalue weighted by molar-refractivity contribution is 0.276. The van der Waals surface area contributed by atoms with E-state index in [0.717, 1.165) is 22.6 Å². The Kier molecular flexibility index (Phi) is 3.80. The van der Waals surface area contributed by atoms with E-state index in [1.54, 1.807) is 0 Å². The molecule has 1 aromatic rings. The van der Waals surface area contributed by atoms with Crippen molar-refractivity contribution in [3.63, 3.8) is 0 Å². The molecule has 1 heterocycles. The summed E-state index contributed by atoms with van der Waals surface area (Å²) in [6.07, 6.45) is 5.33. The van der Waals surface area contributed by atoms with Crippen molar-refractivity contribution in [3.05, 3.63) is 27.7 Å². The molecule has 19 heavy (non-hydrogen) atoms. The molecule has 0 bridgehead atoms. The van der Waals surface area contributed by atoms with Gasteiger partial charge in [-0.2, -0.15) is 0 Å². The van der Waals surface area contributed by atoms with Crippen LogP contribution in [-0.4, -0.2) is 24.7 Å². The Balaban J connectivity index is 1.86. The van der Waals surface area contributed by atoms with Crippen molar-refractivity contribution in [2.75, 3.05) is 18.0 Å². The van der Waals surface area contributed by atoms with Crippen molar-refractivity contribution in [3.8, 4) is 0 Å². The molecule has 1 aliphatic carbocycles. The first-order valence-electron chi connectivity index (χ1n) is 7.06. The highest BCUT2D eigenvalue weighted by Crippen LogP contribution is 2.36. The number of nitrogens with zero attached hydrogens (tertiary/aromatic N) is 1. The number of nitrogens with one attached hydrogen (secondary N) is 1. The van der Waals surface area contributed by atoms with Gasteiger partial charge in [-0.25, -0.2) is 0 Å². The van der Waals surface area contributed by atoms with E-state index in [4.69, 9.17) is 11.6 Å². The van der Waals surface area contributed by atoms with Gasteiger partial charge in [-0.1, -0.05) is 24.4 Å². The third kappa shape index (κ3) is 2.65. The second kappa shape index (κ2) is 5.27. The predicted octanol–water partition coefficient (Wildman–Crippen LogP) is 4.21. The zero-order valence-corrected chi connectivity index (χ0v) is 13.6. The highest BCUT2D eigenvalue weighted by atomic mass is 79.9. The monoisotopic (exact) mass is 342 g/mol. The fourth-order valence-electron chi connectivity index (χ4n) is 3.41. The van der Waals surface area contributed by atoms with Crippen LogP contribution in [0.1, 0.15) is 32.6 Å². The molecule has 3 rings (SSSR count). The zero-order chi connectivity index (χ0) is 13.5. The van der Waals surface area contributed by atoms with Gasteiger partial charge >= 0.3 is 0 Å². The number of hydrogen-bond donors (Lipinski definition) is 1. The Morgan fingerprint density at radius 2 is 2.11 bits per heavy atom. The number of benzene rings is 1. The van der Waals surface area contributed by atoms with Crippen LogP contribution in [0.25, 0.3) is 0 Å². The molecule has 2 aliphatic rings. The molecular formula is C15H20BrClN2. The average molecular weight is 344 g/mol. The Labute approximate surface area is 128 Å². The first-order valence-corrected chi connectivity index (χ1v) is 8.23. The molecule has 1 N–H and O–H groups in total. The van der Waals surface area contributed by atoms with Gasteiger partial charge in [-0.3, -0.25) is 0 Å². The Morgan fingerprint density at radius 1 is 1.37 bits per heavy atom. The van der Waals surface area contributed by atoms with Crippen LogP contribution in [0.15, 0.2) is 22.7 Å². The number of hydrogen-bond acceptors (Lipinski definition) is 2. The first-order chi connectivity index (χ1) is 9.10. The summed E-state index contributed by atoms with van der Waals surface area (Å²) in [5.41, 5.74) is 1.58. The van der Waals surface area contributed by atoms with Crippen molar-refractivity contribution in [2.24, 2.45) is 0 Å². The van der Waals surface area contributed by atoms with Crippen molar-refractivity contribution in [2.45, 2.75) is 44.2 Å². The number of piperazine rings is 1. The number of rotatable bonds is 1. The Hall–Kier alpha value is -0.250. The third-order valence-electron chi connectivity index (χ3n) is 4.57. The van der Waals surface area contributed by atoms with E-state index in [1.807, 2.05) is 6.07 Å². The molecule has 1 aromatic carbocycles. The summed E-state index contributed by atoms with van der Waals surface area (Å²) in [6.45, 7) is 4.45. The summed E-state index contributed by atoms with van der Waals surface area (Å²) < 4.78 is 0.969. The molecule has 0 amide bonds. The maximum Gasteiger partial charge on any atom is 0.0568 e. The summed E-state index contributed by atoms with van der Waals surface area (Å²) >= 11 is 9.71. The van der Waals surface area contributed by atoms with E-state index in [0.29, 0.717) is 11.6 Å². The van der Waals surface area contributed by atoms with Crippen LogP contribution in [0.2, 0.25) is 5.02 Å². The summed E-state index contributed by atoms with van der Waals surface area (Å²) in [6, 6.07) is 6.81. The SMILES string of the molecule is CC1CNC2(CCCC2)CN1c1ccc(Br)c(Cl)c1. The molecule has 1 saturated heterocycles. The number of halogens is 2. The number of anilines is 1. The highest BCUT2D eigenvalue weighted by molar-refractivity contribution is 9.10. The molecule has 1 saturated carbocycles. The molecule has 104 valence electrons. The van der Waals surface area contributed by atoms with Crippen LogP contribution in [0.3, 0.4) is 0 Å². The van der Waals surface area contributed by atoms with Crippen molar-refractivity contribution >= 4 is 33.2 Å². The molecule has 2 nitrogen and oxygen atoms in total. The molecule has 1 atom stereocenters. The van der Waals surface area contributed by atoms with Crippen LogP contribution in [0.4, 0.5) is 5.69 Å². The fraction of sp³-hybridized carbons (Fsp3) is 0.600. The van der Waals surface area contributed by atoms with Crippen molar-refractivity contribution in [1.29, 1.82) is 0 Å². The standard InChI is InChI=1S/C15H20BrClN2/c1-11-9-18-15(6-2-3-7-15)10-19(11)12-4-5-13(16)14(17)8-12/h4-5,8,11,18H,2-3,6-7,9-10H2,1H3. The lowest BCUT2D eigenvalue weighted by Crippen LogP contribution is -2.62. The van der Waals surface area contributed by atoms with Gasteiger partial charge in [-0.05, 0) is 53.9 Å². The second-order valence-electron chi connectivity index (χ2n) is 5.94. The molecular weight excluding hydrogens is 324 g/mol. The molecule has 2 fully saturated rings. The van der Waals surface area contributed by atoms with E-state index < -0.39 is 0 Å². The van der Waals surface area contributed by atoms with Crippen molar-refractivity contribution < 1.29 is 0 Å². The van der Waals surface area contributed by atoms with Crippen LogP contribution >= 0.6 is 27.5 Å². The Bertz CT molecular complexity index is 471. The minimum absolute atomic E-state index is 0.339. The van der Waals surface area contributed by atoms with Gasteiger partial charge in [0.1, 0.15) is 0 Å². The average Bonchev–Trinajstić information content (AvgIpc) is 2.85. The first kappa shape index (κ1) is 13.7. The molecule has 4 heteroatoms. The van der Waals surface area contributed by atoms with Gasteiger partial charge < -0.3 is 10.2 Å². The van der Waals surface area contributed by atoms with E-state index in [-0.39, 0.29) is 0 Å². The largest absolute Gasteiger partial charge is 0.366 e.